The van der Waals surface area contributed by atoms with Gasteiger partial charge >= 0.3 is 0 Å². The van der Waals surface area contributed by atoms with E-state index in [9.17, 15) is 9.59 Å². The quantitative estimate of drug-likeness (QED) is 0.860. The molecule has 0 bridgehead atoms. The van der Waals surface area contributed by atoms with Gasteiger partial charge in [-0.3, -0.25) is 14.2 Å². The number of amides is 1. The van der Waals surface area contributed by atoms with Crippen molar-refractivity contribution in [1.82, 2.24) is 14.5 Å². The Morgan fingerprint density at radius 2 is 2.15 bits per heavy atom. The number of carbonyl (C=O) groups excluding carboxylic acids is 1. The predicted octanol–water partition coefficient (Wildman–Crippen LogP) is 2.03. The van der Waals surface area contributed by atoms with Crippen LogP contribution in [0.4, 0.5) is 0 Å². The van der Waals surface area contributed by atoms with Gasteiger partial charge in [0.25, 0.3) is 5.56 Å². The van der Waals surface area contributed by atoms with Crippen molar-refractivity contribution in [3.8, 4) is 0 Å². The molecule has 0 aliphatic carbocycles. The molecule has 0 radical (unpaired) electrons. The summed E-state index contributed by atoms with van der Waals surface area (Å²) in [5.74, 6) is -0.111. The van der Waals surface area contributed by atoms with Crippen molar-refractivity contribution in [3.05, 3.63) is 39.4 Å². The maximum Gasteiger partial charge on any atom is 0.261 e. The zero-order chi connectivity index (χ0) is 14.9. The number of benzene rings is 1. The lowest BCUT2D eigenvalue weighted by molar-refractivity contribution is -0.132. The summed E-state index contributed by atoms with van der Waals surface area (Å²) in [6, 6.07) is 5.38. The minimum absolute atomic E-state index is 0.00647. The zero-order valence-electron chi connectivity index (χ0n) is 11.6. The Labute approximate surface area is 125 Å². The second-order valence-corrected chi connectivity index (χ2v) is 5.85. The molecule has 1 aromatic carbocycles. The largest absolute Gasteiger partial charge is 0.342 e. The molecule has 0 fully saturated rings. The van der Waals surface area contributed by atoms with Crippen molar-refractivity contribution >= 4 is 32.7 Å². The maximum absolute atomic E-state index is 12.3. The van der Waals surface area contributed by atoms with Gasteiger partial charge in [-0.2, -0.15) is 0 Å². The molecule has 0 aliphatic rings. The van der Waals surface area contributed by atoms with E-state index in [0.717, 1.165) is 4.47 Å². The molecule has 0 spiro atoms. The molecule has 0 saturated heterocycles. The Hall–Kier alpha value is -1.69. The fraction of sp³-hybridized carbons (Fsp3) is 0.357. The van der Waals surface area contributed by atoms with Crippen LogP contribution in [-0.2, 0) is 11.3 Å². The van der Waals surface area contributed by atoms with Crippen molar-refractivity contribution in [1.29, 1.82) is 0 Å². The molecule has 0 saturated carbocycles. The molecule has 1 heterocycles. The molecular weight excluding hydrogens is 322 g/mol. The van der Waals surface area contributed by atoms with Gasteiger partial charge in [0.05, 0.1) is 17.2 Å². The van der Waals surface area contributed by atoms with E-state index in [1.54, 1.807) is 30.1 Å². The summed E-state index contributed by atoms with van der Waals surface area (Å²) in [6.07, 6.45) is 1.42. The van der Waals surface area contributed by atoms with E-state index < -0.39 is 0 Å². The topological polar surface area (TPSA) is 55.2 Å². The standard InChI is InChI=1S/C14H16BrN3O2/c1-9(2)17(3)13(19)7-18-8-16-12-6-10(15)4-5-11(12)14(18)20/h4-6,8-9H,7H2,1-3H3. The first-order valence-electron chi connectivity index (χ1n) is 6.30. The van der Waals surface area contributed by atoms with Gasteiger partial charge < -0.3 is 4.90 Å². The van der Waals surface area contributed by atoms with Gasteiger partial charge in [0.15, 0.2) is 0 Å². The van der Waals surface area contributed by atoms with Crippen molar-refractivity contribution < 1.29 is 4.79 Å². The van der Waals surface area contributed by atoms with E-state index in [1.807, 2.05) is 13.8 Å². The van der Waals surface area contributed by atoms with Crippen LogP contribution in [0.1, 0.15) is 13.8 Å². The van der Waals surface area contributed by atoms with Crippen LogP contribution in [0, 0.1) is 0 Å². The average Bonchev–Trinajstić information content (AvgIpc) is 2.40. The highest BCUT2D eigenvalue weighted by atomic mass is 79.9. The van der Waals surface area contributed by atoms with E-state index in [1.165, 1.54) is 10.9 Å². The number of carbonyl (C=O) groups is 1. The highest BCUT2D eigenvalue weighted by molar-refractivity contribution is 9.10. The molecule has 5 nitrogen and oxygen atoms in total. The van der Waals surface area contributed by atoms with Crippen LogP contribution < -0.4 is 5.56 Å². The molecular formula is C14H16BrN3O2. The number of aromatic nitrogens is 2. The Morgan fingerprint density at radius 1 is 1.45 bits per heavy atom. The maximum atomic E-state index is 12.3. The van der Waals surface area contributed by atoms with Crippen LogP contribution in [0.15, 0.2) is 33.8 Å². The summed E-state index contributed by atoms with van der Waals surface area (Å²) in [5, 5.41) is 0.510. The lowest BCUT2D eigenvalue weighted by atomic mass is 10.2. The normalized spacial score (nSPS) is 11.1. The van der Waals surface area contributed by atoms with Gasteiger partial charge in [-0.05, 0) is 32.0 Å². The summed E-state index contributed by atoms with van der Waals surface area (Å²) in [6.45, 7) is 3.86. The molecule has 0 unspecified atom stereocenters. The van der Waals surface area contributed by atoms with Crippen molar-refractivity contribution in [2.75, 3.05) is 7.05 Å². The molecule has 0 atom stereocenters. The number of nitrogens with zero attached hydrogens (tertiary/aromatic N) is 3. The van der Waals surface area contributed by atoms with Crippen molar-refractivity contribution in [2.24, 2.45) is 0 Å². The molecule has 6 heteroatoms. The predicted molar refractivity (Wildman–Crippen MR) is 81.6 cm³/mol. The van der Waals surface area contributed by atoms with Gasteiger partial charge in [-0.1, -0.05) is 15.9 Å². The smallest absolute Gasteiger partial charge is 0.261 e. The van der Waals surface area contributed by atoms with Gasteiger partial charge in [-0.25, -0.2) is 4.98 Å². The summed E-state index contributed by atoms with van der Waals surface area (Å²) < 4.78 is 2.21. The van der Waals surface area contributed by atoms with E-state index in [2.05, 4.69) is 20.9 Å². The molecule has 106 valence electrons. The van der Waals surface area contributed by atoms with E-state index in [4.69, 9.17) is 0 Å². The van der Waals surface area contributed by atoms with Gasteiger partial charge in [0.1, 0.15) is 6.54 Å². The Morgan fingerprint density at radius 3 is 2.80 bits per heavy atom. The second-order valence-electron chi connectivity index (χ2n) is 4.94. The zero-order valence-corrected chi connectivity index (χ0v) is 13.2. The number of hydrogen-bond acceptors (Lipinski definition) is 3. The molecule has 1 aromatic heterocycles. The number of rotatable bonds is 3. The fourth-order valence-electron chi connectivity index (χ4n) is 1.79. The molecule has 20 heavy (non-hydrogen) atoms. The SMILES string of the molecule is CC(C)N(C)C(=O)Cn1cnc2cc(Br)ccc2c1=O. The minimum atomic E-state index is -0.201. The molecule has 0 N–H and O–H groups in total. The van der Waals surface area contributed by atoms with Gasteiger partial charge in [0.2, 0.25) is 5.91 Å². The Kier molecular flexibility index (Phi) is 4.23. The summed E-state index contributed by atoms with van der Waals surface area (Å²) in [5.41, 5.74) is 0.415. The molecule has 2 aromatic rings. The second kappa shape index (κ2) is 5.75. The van der Waals surface area contributed by atoms with Crippen molar-refractivity contribution in [2.45, 2.75) is 26.4 Å². The average molecular weight is 338 g/mol. The fourth-order valence-corrected chi connectivity index (χ4v) is 2.14. The van der Waals surface area contributed by atoms with Gasteiger partial charge in [-0.15, -0.1) is 0 Å². The number of fused-ring (bicyclic) bond motifs is 1. The van der Waals surface area contributed by atoms with Gasteiger partial charge in [0, 0.05) is 17.6 Å². The molecule has 2 rings (SSSR count). The third-order valence-electron chi connectivity index (χ3n) is 3.26. The monoisotopic (exact) mass is 337 g/mol. The minimum Gasteiger partial charge on any atom is -0.342 e. The van der Waals surface area contributed by atoms with E-state index >= 15 is 0 Å². The van der Waals surface area contributed by atoms with Crippen molar-refractivity contribution in [3.63, 3.8) is 0 Å². The summed E-state index contributed by atoms with van der Waals surface area (Å²) >= 11 is 3.34. The Bertz CT molecular complexity index is 709. The first-order valence-corrected chi connectivity index (χ1v) is 7.10. The molecule has 0 aliphatic heterocycles. The lowest BCUT2D eigenvalue weighted by Gasteiger charge is -2.21. The van der Waals surface area contributed by atoms with E-state index in [0.29, 0.717) is 10.9 Å². The molecule has 1 amide bonds. The van der Waals surface area contributed by atoms with Crippen LogP contribution in [0.5, 0.6) is 0 Å². The lowest BCUT2D eigenvalue weighted by Crippen LogP contribution is -2.37. The summed E-state index contributed by atoms with van der Waals surface area (Å²) in [7, 11) is 1.73. The van der Waals surface area contributed by atoms with E-state index in [-0.39, 0.29) is 24.1 Å². The van der Waals surface area contributed by atoms with Crippen LogP contribution in [0.3, 0.4) is 0 Å². The highest BCUT2D eigenvalue weighted by Gasteiger charge is 2.14. The first kappa shape index (κ1) is 14.7. The highest BCUT2D eigenvalue weighted by Crippen LogP contribution is 2.14. The summed E-state index contributed by atoms with van der Waals surface area (Å²) in [4.78, 5) is 30.2. The van der Waals surface area contributed by atoms with Crippen LogP contribution in [-0.4, -0.2) is 33.4 Å². The number of halogens is 1. The van der Waals surface area contributed by atoms with Crippen LogP contribution in [0.25, 0.3) is 10.9 Å². The Balaban J connectivity index is 2.37. The first-order chi connectivity index (χ1) is 9.40. The number of likely N-dealkylation sites (N-methyl/N-ethyl adjacent to an activating group) is 1. The number of hydrogen-bond donors (Lipinski definition) is 0. The van der Waals surface area contributed by atoms with Crippen LogP contribution in [0.2, 0.25) is 0 Å². The third-order valence-corrected chi connectivity index (χ3v) is 3.75. The third kappa shape index (κ3) is 2.90. The van der Waals surface area contributed by atoms with Crippen LogP contribution >= 0.6 is 15.9 Å².